The van der Waals surface area contributed by atoms with E-state index >= 15 is 0 Å². The molecule has 1 aromatic heterocycles. The van der Waals surface area contributed by atoms with Crippen LogP contribution >= 0.6 is 15.9 Å². The molecule has 5 heteroatoms. The van der Waals surface area contributed by atoms with Gasteiger partial charge in [-0.3, -0.25) is 9.69 Å². The lowest BCUT2D eigenvalue weighted by molar-refractivity contribution is -0.143. The van der Waals surface area contributed by atoms with Crippen molar-refractivity contribution in [1.29, 1.82) is 0 Å². The van der Waals surface area contributed by atoms with Gasteiger partial charge in [0.15, 0.2) is 4.67 Å². The topological polar surface area (TPSA) is 53.7 Å². The summed E-state index contributed by atoms with van der Waals surface area (Å²) in [6.45, 7) is 0.601. The average molecular weight is 328 g/mol. The molecular formula is C14H18BrNO3. The van der Waals surface area contributed by atoms with Crippen LogP contribution in [0, 0.1) is 5.92 Å². The van der Waals surface area contributed by atoms with Crippen LogP contribution in [0.2, 0.25) is 0 Å². The van der Waals surface area contributed by atoms with Crippen LogP contribution in [0.3, 0.4) is 0 Å². The average Bonchev–Trinajstić information content (AvgIpc) is 2.95. The highest BCUT2D eigenvalue weighted by atomic mass is 79.9. The maximum absolute atomic E-state index is 11.5. The molecule has 3 rings (SSSR count). The Morgan fingerprint density at radius 3 is 2.89 bits per heavy atom. The van der Waals surface area contributed by atoms with Crippen LogP contribution in [-0.2, 0) is 11.3 Å². The zero-order valence-electron chi connectivity index (χ0n) is 10.7. The van der Waals surface area contributed by atoms with Crippen LogP contribution < -0.4 is 0 Å². The van der Waals surface area contributed by atoms with E-state index in [4.69, 9.17) is 4.42 Å². The molecule has 19 heavy (non-hydrogen) atoms. The van der Waals surface area contributed by atoms with Crippen molar-refractivity contribution in [2.45, 2.75) is 50.7 Å². The molecule has 2 fully saturated rings. The highest BCUT2D eigenvalue weighted by Crippen LogP contribution is 2.40. The molecule has 2 aliphatic rings. The summed E-state index contributed by atoms with van der Waals surface area (Å²) in [7, 11) is 0. The van der Waals surface area contributed by atoms with Gasteiger partial charge >= 0.3 is 5.97 Å². The van der Waals surface area contributed by atoms with E-state index in [0.29, 0.717) is 23.2 Å². The number of fused-ring (bicyclic) bond motifs is 1. The zero-order chi connectivity index (χ0) is 13.4. The second kappa shape index (κ2) is 5.29. The number of aliphatic carboxylic acids is 1. The number of furan rings is 1. The third-order valence-corrected chi connectivity index (χ3v) is 4.90. The molecule has 0 radical (unpaired) electrons. The molecule has 2 heterocycles. The van der Waals surface area contributed by atoms with Crippen LogP contribution in [0.4, 0.5) is 0 Å². The molecule has 1 saturated carbocycles. The first-order valence-corrected chi connectivity index (χ1v) is 7.67. The molecule has 3 unspecified atom stereocenters. The van der Waals surface area contributed by atoms with Crippen molar-refractivity contribution in [3.05, 3.63) is 22.6 Å². The standard InChI is InChI=1S/C14H18BrNO3/c15-13-6-5-10(19-13)8-16-11-4-2-1-3-9(11)7-12(16)14(17)18/h5-6,9,11-12H,1-4,7-8H2,(H,17,18). The van der Waals surface area contributed by atoms with Crippen molar-refractivity contribution in [1.82, 2.24) is 4.90 Å². The lowest BCUT2D eigenvalue weighted by atomic mass is 9.85. The molecule has 104 valence electrons. The normalized spacial score (nSPS) is 31.3. The summed E-state index contributed by atoms with van der Waals surface area (Å²) in [5.41, 5.74) is 0. The lowest BCUT2D eigenvalue weighted by Gasteiger charge is -2.32. The number of carboxylic acid groups (broad SMARTS) is 1. The Balaban J connectivity index is 1.80. The number of carbonyl (C=O) groups is 1. The largest absolute Gasteiger partial charge is 0.480 e. The molecule has 1 aromatic rings. The number of carboxylic acids is 1. The molecule has 0 bridgehead atoms. The minimum Gasteiger partial charge on any atom is -0.480 e. The van der Waals surface area contributed by atoms with Gasteiger partial charge in [0, 0.05) is 6.04 Å². The van der Waals surface area contributed by atoms with Gasteiger partial charge in [0.2, 0.25) is 0 Å². The van der Waals surface area contributed by atoms with Gasteiger partial charge in [0.05, 0.1) is 6.54 Å². The van der Waals surface area contributed by atoms with Gasteiger partial charge in [-0.05, 0) is 53.2 Å². The minimum atomic E-state index is -0.694. The molecule has 0 amide bonds. The monoisotopic (exact) mass is 327 g/mol. The van der Waals surface area contributed by atoms with Gasteiger partial charge in [-0.2, -0.15) is 0 Å². The summed E-state index contributed by atoms with van der Waals surface area (Å²) in [4.78, 5) is 13.6. The molecule has 1 aliphatic heterocycles. The van der Waals surface area contributed by atoms with Gasteiger partial charge in [-0.1, -0.05) is 12.8 Å². The van der Waals surface area contributed by atoms with E-state index in [1.807, 2.05) is 12.1 Å². The quantitative estimate of drug-likeness (QED) is 0.925. The van der Waals surface area contributed by atoms with Crippen molar-refractivity contribution < 1.29 is 14.3 Å². The summed E-state index contributed by atoms with van der Waals surface area (Å²) in [5.74, 6) is 0.692. The summed E-state index contributed by atoms with van der Waals surface area (Å²) in [6, 6.07) is 3.84. The highest BCUT2D eigenvalue weighted by Gasteiger charge is 2.45. The van der Waals surface area contributed by atoms with Crippen LogP contribution in [0.25, 0.3) is 0 Å². The Hall–Kier alpha value is -0.810. The minimum absolute atomic E-state index is 0.350. The van der Waals surface area contributed by atoms with Crippen LogP contribution in [-0.4, -0.2) is 28.1 Å². The molecule has 3 atom stereocenters. The predicted octanol–water partition coefficient (Wildman–Crippen LogP) is 3.26. The molecular weight excluding hydrogens is 310 g/mol. The van der Waals surface area contributed by atoms with Crippen molar-refractivity contribution in [3.8, 4) is 0 Å². The van der Waals surface area contributed by atoms with E-state index < -0.39 is 5.97 Å². The van der Waals surface area contributed by atoms with E-state index in [-0.39, 0.29) is 6.04 Å². The number of likely N-dealkylation sites (tertiary alicyclic amines) is 1. The number of hydrogen-bond acceptors (Lipinski definition) is 3. The number of halogens is 1. The van der Waals surface area contributed by atoms with Gasteiger partial charge in [-0.25, -0.2) is 0 Å². The predicted molar refractivity (Wildman–Crippen MR) is 73.7 cm³/mol. The summed E-state index contributed by atoms with van der Waals surface area (Å²) < 4.78 is 6.24. The molecule has 0 aromatic carbocycles. The van der Waals surface area contributed by atoms with Crippen LogP contribution in [0.5, 0.6) is 0 Å². The summed E-state index contributed by atoms with van der Waals surface area (Å²) >= 11 is 3.29. The smallest absolute Gasteiger partial charge is 0.320 e. The molecule has 1 N–H and O–H groups in total. The number of nitrogens with zero attached hydrogens (tertiary/aromatic N) is 1. The molecule has 1 saturated heterocycles. The summed E-state index contributed by atoms with van der Waals surface area (Å²) in [6.07, 6.45) is 5.55. The Kier molecular flexibility index (Phi) is 3.67. The van der Waals surface area contributed by atoms with E-state index in [0.717, 1.165) is 18.6 Å². The van der Waals surface area contributed by atoms with Gasteiger partial charge in [0.1, 0.15) is 11.8 Å². The molecule has 1 aliphatic carbocycles. The molecule has 4 nitrogen and oxygen atoms in total. The lowest BCUT2D eigenvalue weighted by Crippen LogP contribution is -2.41. The maximum atomic E-state index is 11.5. The Morgan fingerprint density at radius 2 is 2.21 bits per heavy atom. The fourth-order valence-corrected chi connectivity index (χ4v) is 3.98. The van der Waals surface area contributed by atoms with Crippen molar-refractivity contribution in [3.63, 3.8) is 0 Å². The third-order valence-electron chi connectivity index (χ3n) is 4.47. The van der Waals surface area contributed by atoms with Crippen LogP contribution in [0.15, 0.2) is 21.2 Å². The first kappa shape index (κ1) is 13.2. The van der Waals surface area contributed by atoms with Gasteiger partial charge in [0.25, 0.3) is 0 Å². The second-order valence-electron chi connectivity index (χ2n) is 5.58. The second-order valence-corrected chi connectivity index (χ2v) is 6.36. The first-order valence-electron chi connectivity index (χ1n) is 6.88. The Morgan fingerprint density at radius 1 is 1.42 bits per heavy atom. The first-order chi connectivity index (χ1) is 9.15. The van der Waals surface area contributed by atoms with E-state index in [1.165, 1.54) is 19.3 Å². The Bertz CT molecular complexity index is 473. The fraction of sp³-hybridized carbons (Fsp3) is 0.643. The zero-order valence-corrected chi connectivity index (χ0v) is 12.3. The fourth-order valence-electron chi connectivity index (χ4n) is 3.64. The van der Waals surface area contributed by atoms with Crippen molar-refractivity contribution >= 4 is 21.9 Å². The van der Waals surface area contributed by atoms with Gasteiger partial charge in [-0.15, -0.1) is 0 Å². The number of hydrogen-bond donors (Lipinski definition) is 1. The third kappa shape index (κ3) is 2.58. The SMILES string of the molecule is O=C(O)C1CC2CCCCC2N1Cc1ccc(Br)o1. The van der Waals surface area contributed by atoms with E-state index in [9.17, 15) is 9.90 Å². The molecule has 0 spiro atoms. The van der Waals surface area contributed by atoms with Gasteiger partial charge < -0.3 is 9.52 Å². The maximum Gasteiger partial charge on any atom is 0.320 e. The Labute approximate surface area is 120 Å². The van der Waals surface area contributed by atoms with E-state index in [2.05, 4.69) is 20.8 Å². The van der Waals surface area contributed by atoms with Crippen LogP contribution in [0.1, 0.15) is 37.9 Å². The summed E-state index contributed by atoms with van der Waals surface area (Å²) in [5, 5.41) is 9.43. The highest BCUT2D eigenvalue weighted by molar-refractivity contribution is 9.10. The van der Waals surface area contributed by atoms with E-state index in [1.54, 1.807) is 0 Å². The van der Waals surface area contributed by atoms with Crippen molar-refractivity contribution in [2.24, 2.45) is 5.92 Å². The van der Waals surface area contributed by atoms with Crippen molar-refractivity contribution in [2.75, 3.05) is 0 Å². The number of rotatable bonds is 3.